The number of rotatable bonds is 4. The highest BCUT2D eigenvalue weighted by Gasteiger charge is 2.34. The summed E-state index contributed by atoms with van der Waals surface area (Å²) >= 11 is 0. The van der Waals surface area contributed by atoms with Crippen molar-refractivity contribution in [3.63, 3.8) is 0 Å². The van der Waals surface area contributed by atoms with E-state index in [9.17, 15) is 4.79 Å². The summed E-state index contributed by atoms with van der Waals surface area (Å²) in [6.07, 6.45) is 6.60. The molecule has 3 heterocycles. The Bertz CT molecular complexity index is 1020. The first-order valence-electron chi connectivity index (χ1n) is 10.3. The van der Waals surface area contributed by atoms with E-state index in [0.717, 1.165) is 42.7 Å². The lowest BCUT2D eigenvalue weighted by atomic mass is 9.95. The highest BCUT2D eigenvalue weighted by Crippen LogP contribution is 2.30. The Morgan fingerprint density at radius 1 is 1.21 bits per heavy atom. The number of hydrogen-bond acceptors (Lipinski definition) is 3. The fourth-order valence-corrected chi connectivity index (χ4v) is 4.42. The Morgan fingerprint density at radius 3 is 2.79 bits per heavy atom. The van der Waals surface area contributed by atoms with Crippen LogP contribution >= 0.6 is 0 Å². The predicted octanol–water partition coefficient (Wildman–Crippen LogP) is 3.91. The van der Waals surface area contributed by atoms with Crippen LogP contribution < -0.4 is 0 Å². The van der Waals surface area contributed by atoms with Gasteiger partial charge in [0, 0.05) is 31.1 Å². The Kier molecular flexibility index (Phi) is 4.68. The third-order valence-corrected chi connectivity index (χ3v) is 6.07. The molecular formula is C24H25N3O2. The van der Waals surface area contributed by atoms with Crippen molar-refractivity contribution in [2.45, 2.75) is 38.8 Å². The van der Waals surface area contributed by atoms with Crippen LogP contribution in [-0.4, -0.2) is 39.8 Å². The maximum absolute atomic E-state index is 13.0. The number of ether oxygens (including phenoxy) is 1. The van der Waals surface area contributed by atoms with E-state index < -0.39 is 0 Å². The average Bonchev–Trinajstić information content (AvgIpc) is 3.39. The van der Waals surface area contributed by atoms with Crippen molar-refractivity contribution in [3.8, 4) is 5.69 Å². The topological polar surface area (TPSA) is 47.4 Å². The second-order valence-electron chi connectivity index (χ2n) is 8.03. The van der Waals surface area contributed by atoms with Gasteiger partial charge in [0.25, 0.3) is 5.91 Å². The molecule has 1 saturated heterocycles. The molecule has 1 fully saturated rings. The van der Waals surface area contributed by atoms with E-state index in [0.29, 0.717) is 13.2 Å². The highest BCUT2D eigenvalue weighted by atomic mass is 16.5. The van der Waals surface area contributed by atoms with Gasteiger partial charge in [0.05, 0.1) is 18.3 Å². The van der Waals surface area contributed by atoms with Crippen molar-refractivity contribution in [2.24, 2.45) is 0 Å². The number of hydrogen-bond donors (Lipinski definition) is 0. The van der Waals surface area contributed by atoms with Gasteiger partial charge in [-0.3, -0.25) is 4.79 Å². The van der Waals surface area contributed by atoms with Gasteiger partial charge < -0.3 is 9.64 Å². The smallest absolute Gasteiger partial charge is 0.254 e. The minimum Gasteiger partial charge on any atom is -0.379 e. The van der Waals surface area contributed by atoms with Crippen LogP contribution in [0.3, 0.4) is 0 Å². The molecule has 29 heavy (non-hydrogen) atoms. The van der Waals surface area contributed by atoms with Crippen molar-refractivity contribution in [1.82, 2.24) is 14.7 Å². The molecule has 0 saturated carbocycles. The molecule has 1 atom stereocenters. The number of carbonyl (C=O) groups is 1. The number of fused-ring (bicyclic) bond motifs is 1. The van der Waals surface area contributed by atoms with Gasteiger partial charge in [-0.15, -0.1) is 0 Å². The third kappa shape index (κ3) is 3.47. The number of aryl methyl sites for hydroxylation is 1. The second-order valence-corrected chi connectivity index (χ2v) is 8.03. The molecule has 5 heteroatoms. The first-order valence-corrected chi connectivity index (χ1v) is 10.3. The Hall–Kier alpha value is -2.92. The molecule has 0 radical (unpaired) electrons. The van der Waals surface area contributed by atoms with Crippen LogP contribution in [0.5, 0.6) is 0 Å². The van der Waals surface area contributed by atoms with E-state index in [1.807, 2.05) is 21.8 Å². The molecule has 0 N–H and O–H groups in total. The number of aromatic nitrogens is 2. The van der Waals surface area contributed by atoms with E-state index in [1.165, 1.54) is 16.7 Å². The molecule has 1 aromatic heterocycles. The van der Waals surface area contributed by atoms with E-state index in [2.05, 4.69) is 48.4 Å². The van der Waals surface area contributed by atoms with Crippen LogP contribution in [0.1, 0.15) is 45.5 Å². The van der Waals surface area contributed by atoms with Gasteiger partial charge in [-0.25, -0.2) is 4.68 Å². The van der Waals surface area contributed by atoms with Crippen LogP contribution in [0.15, 0.2) is 54.9 Å². The Morgan fingerprint density at radius 2 is 2.07 bits per heavy atom. The number of benzene rings is 2. The molecule has 2 aliphatic heterocycles. The number of nitrogens with zero attached hydrogens (tertiary/aromatic N) is 3. The highest BCUT2D eigenvalue weighted by molar-refractivity contribution is 5.99. The Balaban J connectivity index is 1.36. The average molecular weight is 387 g/mol. The van der Waals surface area contributed by atoms with E-state index in [-0.39, 0.29) is 11.9 Å². The van der Waals surface area contributed by atoms with E-state index in [4.69, 9.17) is 4.74 Å². The number of carbonyl (C=O) groups excluding carboxylic acids is 1. The van der Waals surface area contributed by atoms with Crippen molar-refractivity contribution in [3.05, 3.63) is 82.7 Å². The minimum absolute atomic E-state index is 0.158. The van der Waals surface area contributed by atoms with Gasteiger partial charge in [-0.05, 0) is 72.7 Å². The molecule has 0 aliphatic carbocycles. The molecule has 5 rings (SSSR count). The van der Waals surface area contributed by atoms with E-state index in [1.54, 1.807) is 6.20 Å². The van der Waals surface area contributed by atoms with Crippen molar-refractivity contribution in [2.75, 3.05) is 13.2 Å². The number of amides is 1. The normalized spacial score (nSPS) is 18.9. The summed E-state index contributed by atoms with van der Waals surface area (Å²) in [5, 5.41) is 4.27. The Labute approximate surface area is 170 Å². The second kappa shape index (κ2) is 7.48. The van der Waals surface area contributed by atoms with Gasteiger partial charge >= 0.3 is 0 Å². The van der Waals surface area contributed by atoms with E-state index >= 15 is 0 Å². The van der Waals surface area contributed by atoms with Crippen LogP contribution in [0.25, 0.3) is 5.69 Å². The molecule has 0 spiro atoms. The van der Waals surface area contributed by atoms with Gasteiger partial charge in [0.2, 0.25) is 0 Å². The first kappa shape index (κ1) is 18.1. The lowest BCUT2D eigenvalue weighted by Gasteiger charge is -2.30. The van der Waals surface area contributed by atoms with Crippen LogP contribution in [0, 0.1) is 6.92 Å². The zero-order chi connectivity index (χ0) is 19.8. The maximum atomic E-state index is 13.0. The lowest BCUT2D eigenvalue weighted by molar-refractivity contribution is 0.0179. The largest absolute Gasteiger partial charge is 0.379 e. The van der Waals surface area contributed by atoms with Crippen molar-refractivity contribution < 1.29 is 9.53 Å². The summed E-state index contributed by atoms with van der Waals surface area (Å²) in [7, 11) is 0. The van der Waals surface area contributed by atoms with Crippen molar-refractivity contribution in [1.29, 1.82) is 0 Å². The van der Waals surface area contributed by atoms with Crippen LogP contribution in [0.4, 0.5) is 0 Å². The zero-order valence-electron chi connectivity index (χ0n) is 16.7. The molecule has 148 valence electrons. The van der Waals surface area contributed by atoms with Gasteiger partial charge in [0.15, 0.2) is 0 Å². The third-order valence-electron chi connectivity index (χ3n) is 6.07. The van der Waals surface area contributed by atoms with Gasteiger partial charge in [-0.2, -0.15) is 5.10 Å². The predicted molar refractivity (Wildman–Crippen MR) is 111 cm³/mol. The summed E-state index contributed by atoms with van der Waals surface area (Å²) < 4.78 is 7.46. The lowest BCUT2D eigenvalue weighted by Crippen LogP contribution is -2.41. The monoisotopic (exact) mass is 387 g/mol. The van der Waals surface area contributed by atoms with Crippen LogP contribution in [0.2, 0.25) is 0 Å². The molecule has 2 aliphatic rings. The summed E-state index contributed by atoms with van der Waals surface area (Å²) in [6, 6.07) is 14.9. The van der Waals surface area contributed by atoms with Gasteiger partial charge in [-0.1, -0.05) is 18.2 Å². The van der Waals surface area contributed by atoms with Gasteiger partial charge in [0.1, 0.15) is 0 Å². The quantitative estimate of drug-likeness (QED) is 0.682. The maximum Gasteiger partial charge on any atom is 0.254 e. The summed E-state index contributed by atoms with van der Waals surface area (Å²) in [5.41, 5.74) is 6.75. The summed E-state index contributed by atoms with van der Waals surface area (Å²) in [6.45, 7) is 4.33. The fraction of sp³-hybridized carbons (Fsp3) is 0.333. The molecule has 2 aromatic carbocycles. The molecule has 3 aromatic rings. The zero-order valence-corrected chi connectivity index (χ0v) is 16.7. The minimum atomic E-state index is 0.158. The molecule has 5 nitrogen and oxygen atoms in total. The molecule has 0 bridgehead atoms. The molecule has 1 unspecified atom stereocenters. The van der Waals surface area contributed by atoms with Crippen molar-refractivity contribution >= 4 is 5.91 Å². The standard InChI is InChI=1S/C24H25N3O2/c1-17-12-20-15-26(22-4-2-11-29-16-22)24(28)23(20)14-19(17)13-18-5-7-21(8-6-18)27-10-3-9-25-27/h3,5-10,12,14,22H,2,4,11,13,15-16H2,1H3. The molecule has 1 amide bonds. The fourth-order valence-electron chi connectivity index (χ4n) is 4.42. The first-order chi connectivity index (χ1) is 14.2. The summed E-state index contributed by atoms with van der Waals surface area (Å²) in [5.74, 6) is 0.158. The summed E-state index contributed by atoms with van der Waals surface area (Å²) in [4.78, 5) is 15.1. The van der Waals surface area contributed by atoms with Crippen LogP contribution in [-0.2, 0) is 17.7 Å². The SMILES string of the molecule is Cc1cc2c(cc1Cc1ccc(-n3cccn3)cc1)C(=O)N(C1CCCOC1)C2. The molecular weight excluding hydrogens is 362 g/mol.